The summed E-state index contributed by atoms with van der Waals surface area (Å²) in [5.41, 5.74) is 0.475. The molecule has 10 heteroatoms. The summed E-state index contributed by atoms with van der Waals surface area (Å²) in [4.78, 5) is 25.6. The van der Waals surface area contributed by atoms with Crippen molar-refractivity contribution in [2.24, 2.45) is 5.92 Å². The summed E-state index contributed by atoms with van der Waals surface area (Å²) < 4.78 is 33.0. The molecule has 2 aromatic rings. The summed E-state index contributed by atoms with van der Waals surface area (Å²) in [5, 5.41) is 6.07. The maximum absolute atomic E-state index is 13.0. The molecule has 1 unspecified atom stereocenters. The van der Waals surface area contributed by atoms with Gasteiger partial charge in [-0.05, 0) is 48.7 Å². The van der Waals surface area contributed by atoms with Gasteiger partial charge >= 0.3 is 0 Å². The van der Waals surface area contributed by atoms with E-state index in [0.29, 0.717) is 17.0 Å². The van der Waals surface area contributed by atoms with Gasteiger partial charge in [-0.3, -0.25) is 9.59 Å². The van der Waals surface area contributed by atoms with Crippen molar-refractivity contribution in [1.29, 1.82) is 0 Å². The number of ether oxygens (including phenoxy) is 1. The second-order valence-electron chi connectivity index (χ2n) is 8.58. The maximum atomic E-state index is 13.0. The SMILES string of the molecule is CC(C)C[C@H](NC(=O)c1ccccc1)C(=O)NCC1CN(S(=O)(=O)c2ccc(Cl)cc2)CCO1. The molecule has 1 saturated heterocycles. The number of nitrogens with one attached hydrogen (secondary N) is 2. The van der Waals surface area contributed by atoms with Gasteiger partial charge in [-0.15, -0.1) is 0 Å². The molecule has 0 aromatic heterocycles. The van der Waals surface area contributed by atoms with Crippen LogP contribution in [0.25, 0.3) is 0 Å². The summed E-state index contributed by atoms with van der Waals surface area (Å²) in [6, 6.07) is 14.0. The molecule has 2 amide bonds. The fraction of sp³-hybridized carbons (Fsp3) is 0.417. The molecular weight excluding hydrogens is 478 g/mol. The smallest absolute Gasteiger partial charge is 0.251 e. The van der Waals surface area contributed by atoms with E-state index >= 15 is 0 Å². The summed E-state index contributed by atoms with van der Waals surface area (Å²) in [5.74, 6) is -0.479. The summed E-state index contributed by atoms with van der Waals surface area (Å²) in [6.07, 6.45) is -0.0446. The highest BCUT2D eigenvalue weighted by atomic mass is 35.5. The molecule has 8 nitrogen and oxygen atoms in total. The summed E-state index contributed by atoms with van der Waals surface area (Å²) in [6.45, 7) is 4.61. The molecule has 0 radical (unpaired) electrons. The average molecular weight is 508 g/mol. The van der Waals surface area contributed by atoms with E-state index in [0.717, 1.165) is 0 Å². The molecular formula is C24H30ClN3O5S. The first-order chi connectivity index (χ1) is 16.2. The number of hydrogen-bond donors (Lipinski definition) is 2. The standard InChI is InChI=1S/C24H30ClN3O5S/c1-17(2)14-22(27-23(29)18-6-4-3-5-7-18)24(30)26-15-20-16-28(12-13-33-20)34(31,32)21-10-8-19(25)9-11-21/h3-11,17,20,22H,12-16H2,1-2H3,(H,26,30)(H,27,29)/t20?,22-/m0/s1. The number of hydrogen-bond acceptors (Lipinski definition) is 5. The quantitative estimate of drug-likeness (QED) is 0.543. The highest BCUT2D eigenvalue weighted by Crippen LogP contribution is 2.20. The Hall–Kier alpha value is -2.46. The van der Waals surface area contributed by atoms with Crippen LogP contribution >= 0.6 is 11.6 Å². The topological polar surface area (TPSA) is 105 Å². The number of rotatable bonds is 9. The number of halogens is 1. The van der Waals surface area contributed by atoms with Gasteiger partial charge in [0, 0.05) is 30.2 Å². The predicted molar refractivity (Wildman–Crippen MR) is 130 cm³/mol. The van der Waals surface area contributed by atoms with Crippen LogP contribution in [0.5, 0.6) is 0 Å². The molecule has 0 saturated carbocycles. The van der Waals surface area contributed by atoms with E-state index in [4.69, 9.17) is 16.3 Å². The first-order valence-corrected chi connectivity index (χ1v) is 13.0. The van der Waals surface area contributed by atoms with Crippen molar-refractivity contribution in [3.05, 3.63) is 65.2 Å². The lowest BCUT2D eigenvalue weighted by atomic mass is 10.0. The van der Waals surface area contributed by atoms with Gasteiger partial charge in [0.2, 0.25) is 15.9 Å². The Morgan fingerprint density at radius 3 is 2.44 bits per heavy atom. The van der Waals surface area contributed by atoms with E-state index in [1.807, 2.05) is 19.9 Å². The van der Waals surface area contributed by atoms with Gasteiger partial charge in [0.15, 0.2) is 0 Å². The average Bonchev–Trinajstić information content (AvgIpc) is 2.83. The van der Waals surface area contributed by atoms with Gasteiger partial charge in [0.1, 0.15) is 6.04 Å². The third kappa shape index (κ3) is 7.02. The third-order valence-electron chi connectivity index (χ3n) is 5.42. The van der Waals surface area contributed by atoms with Crippen LogP contribution in [-0.4, -0.2) is 62.9 Å². The van der Waals surface area contributed by atoms with Crippen LogP contribution in [0.4, 0.5) is 0 Å². The highest BCUT2D eigenvalue weighted by Gasteiger charge is 2.31. The molecule has 1 heterocycles. The second kappa shape index (κ2) is 11.8. The van der Waals surface area contributed by atoms with E-state index < -0.39 is 22.2 Å². The Kier molecular flexibility index (Phi) is 9.07. The fourth-order valence-corrected chi connectivity index (χ4v) is 5.24. The van der Waals surface area contributed by atoms with Gasteiger partial charge < -0.3 is 15.4 Å². The zero-order valence-electron chi connectivity index (χ0n) is 19.2. The lowest BCUT2D eigenvalue weighted by Gasteiger charge is -2.32. The van der Waals surface area contributed by atoms with Crippen molar-refractivity contribution in [3.8, 4) is 0 Å². The fourth-order valence-electron chi connectivity index (χ4n) is 3.66. The number of carbonyl (C=O) groups is 2. The molecule has 1 aliphatic rings. The van der Waals surface area contributed by atoms with Crippen LogP contribution in [0.15, 0.2) is 59.5 Å². The van der Waals surface area contributed by atoms with Crippen LogP contribution in [0.1, 0.15) is 30.6 Å². The van der Waals surface area contributed by atoms with Gasteiger partial charge in [0.05, 0.1) is 17.6 Å². The first kappa shape index (κ1) is 26.2. The maximum Gasteiger partial charge on any atom is 0.251 e. The van der Waals surface area contributed by atoms with Crippen molar-refractivity contribution < 1.29 is 22.7 Å². The van der Waals surface area contributed by atoms with Crippen LogP contribution in [0.2, 0.25) is 5.02 Å². The van der Waals surface area contributed by atoms with Crippen molar-refractivity contribution >= 4 is 33.4 Å². The Bertz CT molecular complexity index is 1080. The van der Waals surface area contributed by atoms with Gasteiger partial charge in [-0.1, -0.05) is 43.6 Å². The van der Waals surface area contributed by atoms with Crippen molar-refractivity contribution in [2.75, 3.05) is 26.2 Å². The molecule has 3 rings (SSSR count). The Morgan fingerprint density at radius 1 is 1.12 bits per heavy atom. The van der Waals surface area contributed by atoms with Crippen LogP contribution in [-0.2, 0) is 19.6 Å². The molecule has 184 valence electrons. The lowest BCUT2D eigenvalue weighted by Crippen LogP contribution is -2.52. The largest absolute Gasteiger partial charge is 0.374 e. The van der Waals surface area contributed by atoms with E-state index in [-0.39, 0.29) is 48.9 Å². The summed E-state index contributed by atoms with van der Waals surface area (Å²) in [7, 11) is -3.70. The van der Waals surface area contributed by atoms with Crippen LogP contribution < -0.4 is 10.6 Å². The van der Waals surface area contributed by atoms with Crippen LogP contribution in [0.3, 0.4) is 0 Å². The van der Waals surface area contributed by atoms with Crippen molar-refractivity contribution in [1.82, 2.24) is 14.9 Å². The van der Waals surface area contributed by atoms with Crippen molar-refractivity contribution in [3.63, 3.8) is 0 Å². The predicted octanol–water partition coefficient (Wildman–Crippen LogP) is 2.69. The van der Waals surface area contributed by atoms with Gasteiger partial charge in [0.25, 0.3) is 5.91 Å². The second-order valence-corrected chi connectivity index (χ2v) is 11.0. The Morgan fingerprint density at radius 2 is 1.79 bits per heavy atom. The molecule has 2 N–H and O–H groups in total. The molecule has 0 bridgehead atoms. The van der Waals surface area contributed by atoms with Crippen LogP contribution in [0, 0.1) is 5.92 Å². The van der Waals surface area contributed by atoms with Gasteiger partial charge in [-0.25, -0.2) is 8.42 Å². The number of amides is 2. The van der Waals surface area contributed by atoms with E-state index in [2.05, 4.69) is 10.6 Å². The Balaban J connectivity index is 1.60. The monoisotopic (exact) mass is 507 g/mol. The molecule has 2 aromatic carbocycles. The molecule has 2 atom stereocenters. The molecule has 0 aliphatic carbocycles. The minimum Gasteiger partial charge on any atom is -0.374 e. The zero-order valence-corrected chi connectivity index (χ0v) is 20.8. The number of benzene rings is 2. The van der Waals surface area contributed by atoms with Gasteiger partial charge in [-0.2, -0.15) is 4.31 Å². The molecule has 34 heavy (non-hydrogen) atoms. The highest BCUT2D eigenvalue weighted by molar-refractivity contribution is 7.89. The minimum atomic E-state index is -3.70. The Labute approximate surface area is 205 Å². The lowest BCUT2D eigenvalue weighted by molar-refractivity contribution is -0.124. The minimum absolute atomic E-state index is 0.108. The first-order valence-electron chi connectivity index (χ1n) is 11.2. The molecule has 1 aliphatic heterocycles. The number of morpholine rings is 1. The third-order valence-corrected chi connectivity index (χ3v) is 7.55. The van der Waals surface area contributed by atoms with E-state index in [1.165, 1.54) is 28.6 Å². The molecule has 1 fully saturated rings. The van der Waals surface area contributed by atoms with E-state index in [9.17, 15) is 18.0 Å². The van der Waals surface area contributed by atoms with E-state index in [1.54, 1.807) is 24.3 Å². The molecule has 0 spiro atoms. The zero-order chi connectivity index (χ0) is 24.7. The summed E-state index contributed by atoms with van der Waals surface area (Å²) >= 11 is 5.87. The number of nitrogens with zero attached hydrogens (tertiary/aromatic N) is 1. The number of sulfonamides is 1. The number of carbonyl (C=O) groups excluding carboxylic acids is 2. The normalized spacial score (nSPS) is 17.8. The van der Waals surface area contributed by atoms with Crippen molar-refractivity contribution in [2.45, 2.75) is 37.3 Å².